The lowest BCUT2D eigenvalue weighted by Gasteiger charge is -2.44. The smallest absolute Gasteiger partial charge is 0.233 e. The van der Waals surface area contributed by atoms with E-state index in [1.54, 1.807) is 0 Å². The molecule has 2 aliphatic heterocycles. The summed E-state index contributed by atoms with van der Waals surface area (Å²) in [5.74, 6) is 0.433. The molecule has 1 atom stereocenters. The molecule has 1 spiro atoms. The Morgan fingerprint density at radius 2 is 1.76 bits per heavy atom. The van der Waals surface area contributed by atoms with Crippen LogP contribution in [0.15, 0.2) is 24.3 Å². The number of benzene rings is 1. The summed E-state index contributed by atoms with van der Waals surface area (Å²) < 4.78 is 0. The molecule has 1 aromatic rings. The molecule has 2 saturated heterocycles. The van der Waals surface area contributed by atoms with Crippen molar-refractivity contribution >= 4 is 23.4 Å². The van der Waals surface area contributed by atoms with Crippen LogP contribution in [0.25, 0.3) is 0 Å². The number of halogens is 1. The Bertz CT molecular complexity index is 698. The van der Waals surface area contributed by atoms with E-state index in [0.717, 1.165) is 50.6 Å². The first-order valence-electron chi connectivity index (χ1n) is 9.28. The highest BCUT2D eigenvalue weighted by molar-refractivity contribution is 6.30. The van der Waals surface area contributed by atoms with E-state index < -0.39 is 5.41 Å². The van der Waals surface area contributed by atoms with Gasteiger partial charge in [0.1, 0.15) is 0 Å². The second-order valence-electron chi connectivity index (χ2n) is 8.03. The van der Waals surface area contributed by atoms with E-state index in [1.807, 2.05) is 41.1 Å². The van der Waals surface area contributed by atoms with Gasteiger partial charge in [0.2, 0.25) is 11.8 Å². The van der Waals surface area contributed by atoms with Gasteiger partial charge >= 0.3 is 0 Å². The van der Waals surface area contributed by atoms with Gasteiger partial charge in [-0.2, -0.15) is 0 Å². The molecule has 25 heavy (non-hydrogen) atoms. The van der Waals surface area contributed by atoms with Gasteiger partial charge in [0, 0.05) is 31.7 Å². The summed E-state index contributed by atoms with van der Waals surface area (Å²) in [6.45, 7) is 2.13. The number of likely N-dealkylation sites (tertiary alicyclic amines) is 2. The van der Waals surface area contributed by atoms with Crippen LogP contribution in [0.2, 0.25) is 5.02 Å². The van der Waals surface area contributed by atoms with E-state index in [9.17, 15) is 9.59 Å². The van der Waals surface area contributed by atoms with Crippen molar-refractivity contribution in [2.45, 2.75) is 43.9 Å². The number of nitrogens with zero attached hydrogens (tertiary/aromatic N) is 2. The maximum atomic E-state index is 13.4. The van der Waals surface area contributed by atoms with Crippen LogP contribution < -0.4 is 0 Å². The quantitative estimate of drug-likeness (QED) is 0.812. The molecular formula is C20H25ClN2O2. The van der Waals surface area contributed by atoms with Crippen molar-refractivity contribution in [3.05, 3.63) is 34.9 Å². The van der Waals surface area contributed by atoms with Gasteiger partial charge in [-0.15, -0.1) is 0 Å². The summed E-state index contributed by atoms with van der Waals surface area (Å²) >= 11 is 6.02. The second-order valence-corrected chi connectivity index (χ2v) is 8.47. The highest BCUT2D eigenvalue weighted by Gasteiger charge is 2.53. The molecule has 0 radical (unpaired) electrons. The average molecular weight is 361 g/mol. The zero-order valence-corrected chi connectivity index (χ0v) is 15.5. The van der Waals surface area contributed by atoms with Crippen molar-refractivity contribution in [2.24, 2.45) is 5.41 Å². The monoisotopic (exact) mass is 360 g/mol. The number of piperidine rings is 1. The van der Waals surface area contributed by atoms with Gasteiger partial charge in [-0.3, -0.25) is 9.59 Å². The number of carbonyl (C=O) groups excluding carboxylic acids is 2. The van der Waals surface area contributed by atoms with Crippen molar-refractivity contribution in [2.75, 3.05) is 26.7 Å². The van der Waals surface area contributed by atoms with Crippen molar-refractivity contribution in [3.8, 4) is 0 Å². The average Bonchev–Trinajstić information content (AvgIpc) is 2.98. The first-order valence-corrected chi connectivity index (χ1v) is 9.66. The molecule has 1 aliphatic carbocycles. The van der Waals surface area contributed by atoms with Crippen molar-refractivity contribution in [1.82, 2.24) is 9.80 Å². The maximum absolute atomic E-state index is 13.4. The molecule has 0 bridgehead atoms. The topological polar surface area (TPSA) is 40.6 Å². The molecule has 2 heterocycles. The molecule has 4 rings (SSSR count). The van der Waals surface area contributed by atoms with Gasteiger partial charge in [-0.25, -0.2) is 0 Å². The van der Waals surface area contributed by atoms with Gasteiger partial charge in [-0.1, -0.05) is 30.2 Å². The predicted molar refractivity (Wildman–Crippen MR) is 97.5 cm³/mol. The van der Waals surface area contributed by atoms with Gasteiger partial charge in [0.15, 0.2) is 0 Å². The predicted octanol–water partition coefficient (Wildman–Crippen LogP) is 3.23. The lowest BCUT2D eigenvalue weighted by atomic mass is 9.63. The minimum atomic E-state index is -0.403. The molecule has 0 N–H and O–H groups in total. The van der Waals surface area contributed by atoms with Crippen molar-refractivity contribution in [1.29, 1.82) is 0 Å². The fourth-order valence-electron chi connectivity index (χ4n) is 4.92. The standard InChI is InChI=1S/C20H25ClN2O2/c1-22-12-3-8-19(17(22)24)11-13-23(14-19)18(25)20(9-2-10-20)15-4-6-16(21)7-5-15/h4-7H,2-3,8-14H2,1H3/t19-/m1/s1. The summed E-state index contributed by atoms with van der Waals surface area (Å²) in [5, 5.41) is 0.696. The van der Waals surface area contributed by atoms with Crippen LogP contribution >= 0.6 is 11.6 Å². The fourth-order valence-corrected chi connectivity index (χ4v) is 5.05. The molecule has 3 fully saturated rings. The van der Waals surface area contributed by atoms with Crippen LogP contribution in [0.4, 0.5) is 0 Å². The summed E-state index contributed by atoms with van der Waals surface area (Å²) in [6.07, 6.45) is 5.61. The Morgan fingerprint density at radius 1 is 1.04 bits per heavy atom. The molecule has 3 aliphatic rings. The minimum absolute atomic E-state index is 0.207. The van der Waals surface area contributed by atoms with Crippen molar-refractivity contribution < 1.29 is 9.59 Å². The molecular weight excluding hydrogens is 336 g/mol. The van der Waals surface area contributed by atoms with Crippen LogP contribution in [-0.4, -0.2) is 48.3 Å². The lowest BCUT2D eigenvalue weighted by molar-refractivity contribution is -0.146. The molecule has 0 unspecified atom stereocenters. The van der Waals surface area contributed by atoms with Gasteiger partial charge in [0.05, 0.1) is 10.8 Å². The third kappa shape index (κ3) is 2.57. The van der Waals surface area contributed by atoms with Crippen LogP contribution in [0, 0.1) is 5.41 Å². The number of carbonyl (C=O) groups is 2. The SMILES string of the molecule is CN1CCC[C@]2(CCN(C(=O)C3(c4ccc(Cl)cc4)CCC3)C2)C1=O. The Morgan fingerprint density at radius 3 is 2.40 bits per heavy atom. The normalized spacial score (nSPS) is 28.3. The van der Waals surface area contributed by atoms with Crippen molar-refractivity contribution in [3.63, 3.8) is 0 Å². The van der Waals surface area contributed by atoms with Crippen LogP contribution in [0.5, 0.6) is 0 Å². The van der Waals surface area contributed by atoms with Crippen LogP contribution in [0.1, 0.15) is 44.1 Å². The molecule has 1 saturated carbocycles. The third-order valence-corrected chi connectivity index (χ3v) is 6.86. The molecule has 0 aromatic heterocycles. The van der Waals surface area contributed by atoms with E-state index in [2.05, 4.69) is 0 Å². The minimum Gasteiger partial charge on any atom is -0.345 e. The van der Waals surface area contributed by atoms with Gasteiger partial charge in [-0.05, 0) is 49.8 Å². The summed E-state index contributed by atoms with van der Waals surface area (Å²) in [4.78, 5) is 30.0. The Balaban J connectivity index is 1.57. The molecule has 4 nitrogen and oxygen atoms in total. The Hall–Kier alpha value is -1.55. The summed E-state index contributed by atoms with van der Waals surface area (Å²) in [5.41, 5.74) is 0.328. The Kier molecular flexibility index (Phi) is 4.06. The summed E-state index contributed by atoms with van der Waals surface area (Å²) in [6, 6.07) is 7.72. The van der Waals surface area contributed by atoms with Crippen LogP contribution in [-0.2, 0) is 15.0 Å². The number of hydrogen-bond donors (Lipinski definition) is 0. The van der Waals surface area contributed by atoms with E-state index in [-0.39, 0.29) is 17.2 Å². The van der Waals surface area contributed by atoms with E-state index in [4.69, 9.17) is 11.6 Å². The highest BCUT2D eigenvalue weighted by atomic mass is 35.5. The van der Waals surface area contributed by atoms with Gasteiger partial charge in [0.25, 0.3) is 0 Å². The summed E-state index contributed by atoms with van der Waals surface area (Å²) in [7, 11) is 1.88. The lowest BCUT2D eigenvalue weighted by Crippen LogP contribution is -2.53. The second kappa shape index (κ2) is 6.01. The number of rotatable bonds is 2. The largest absolute Gasteiger partial charge is 0.345 e. The van der Waals surface area contributed by atoms with Crippen LogP contribution in [0.3, 0.4) is 0 Å². The zero-order chi connectivity index (χ0) is 17.7. The molecule has 5 heteroatoms. The van der Waals surface area contributed by atoms with E-state index >= 15 is 0 Å². The molecule has 134 valence electrons. The third-order valence-electron chi connectivity index (χ3n) is 6.60. The number of amides is 2. The van der Waals surface area contributed by atoms with E-state index in [0.29, 0.717) is 18.1 Å². The van der Waals surface area contributed by atoms with E-state index in [1.165, 1.54) is 0 Å². The molecule has 2 amide bonds. The highest BCUT2D eigenvalue weighted by Crippen LogP contribution is 2.48. The molecule has 1 aromatic carbocycles. The fraction of sp³-hybridized carbons (Fsp3) is 0.600. The zero-order valence-electron chi connectivity index (χ0n) is 14.8. The first-order chi connectivity index (χ1) is 12.0. The van der Waals surface area contributed by atoms with Gasteiger partial charge < -0.3 is 9.80 Å². The number of hydrogen-bond acceptors (Lipinski definition) is 2. The Labute approximate surface area is 154 Å². The maximum Gasteiger partial charge on any atom is 0.233 e. The first kappa shape index (κ1) is 16.9.